The number of carboxylic acid groups (broad SMARTS) is 1. The van der Waals surface area contributed by atoms with Crippen LogP contribution < -0.4 is 5.73 Å². The Hall–Kier alpha value is -2.87. The summed E-state index contributed by atoms with van der Waals surface area (Å²) in [5, 5.41) is 9.16. The first-order chi connectivity index (χ1) is 10.4. The van der Waals surface area contributed by atoms with Crippen LogP contribution in [0.1, 0.15) is 10.4 Å². The van der Waals surface area contributed by atoms with E-state index >= 15 is 0 Å². The molecule has 0 fully saturated rings. The van der Waals surface area contributed by atoms with Crippen molar-refractivity contribution >= 4 is 33.0 Å². The van der Waals surface area contributed by atoms with Crippen LogP contribution in [-0.4, -0.2) is 28.5 Å². The molecule has 0 saturated heterocycles. The Morgan fingerprint density at radius 3 is 2.41 bits per heavy atom. The first-order valence-corrected chi connectivity index (χ1v) is 7.68. The summed E-state index contributed by atoms with van der Waals surface area (Å²) in [6.45, 7) is 0. The van der Waals surface area contributed by atoms with Crippen molar-refractivity contribution in [1.29, 1.82) is 0 Å². The largest absolute Gasteiger partial charge is 0.478 e. The molecule has 0 atom stereocenters. The van der Waals surface area contributed by atoms with E-state index in [1.807, 2.05) is 0 Å². The lowest BCUT2D eigenvalue weighted by Gasteiger charge is -2.08. The van der Waals surface area contributed by atoms with E-state index in [4.69, 9.17) is 10.8 Å². The minimum Gasteiger partial charge on any atom is -0.478 e. The van der Waals surface area contributed by atoms with Gasteiger partial charge in [0.15, 0.2) is 0 Å². The number of aromatic carboxylic acids is 1. The van der Waals surface area contributed by atoms with Gasteiger partial charge in [-0.05, 0) is 24.3 Å². The summed E-state index contributed by atoms with van der Waals surface area (Å²) in [5.74, 6) is -1.49. The van der Waals surface area contributed by atoms with Gasteiger partial charge < -0.3 is 10.8 Å². The second kappa shape index (κ2) is 4.85. The first kappa shape index (κ1) is 14.1. The minimum atomic E-state index is -3.96. The van der Waals surface area contributed by atoms with Crippen LogP contribution in [0.2, 0.25) is 0 Å². The van der Waals surface area contributed by atoms with E-state index in [0.29, 0.717) is 0 Å². The van der Waals surface area contributed by atoms with Crippen LogP contribution in [0.3, 0.4) is 0 Å². The summed E-state index contributed by atoms with van der Waals surface area (Å²) in [6, 6.07) is 12.0. The summed E-state index contributed by atoms with van der Waals surface area (Å²) < 4.78 is 26.3. The number of imidazole rings is 1. The summed E-state index contributed by atoms with van der Waals surface area (Å²) in [4.78, 5) is 15.2. The number of nitrogens with two attached hydrogens (primary N) is 1. The van der Waals surface area contributed by atoms with E-state index in [2.05, 4.69) is 4.98 Å². The molecule has 0 aliphatic carbocycles. The van der Waals surface area contributed by atoms with Crippen molar-refractivity contribution in [2.24, 2.45) is 0 Å². The Labute approximate surface area is 125 Å². The molecule has 3 aromatic rings. The molecule has 1 heterocycles. The van der Waals surface area contributed by atoms with E-state index in [1.54, 1.807) is 18.2 Å². The smallest absolute Gasteiger partial charge is 0.337 e. The quantitative estimate of drug-likeness (QED) is 0.757. The molecule has 8 heteroatoms. The summed E-state index contributed by atoms with van der Waals surface area (Å²) in [7, 11) is -3.96. The first-order valence-electron chi connectivity index (χ1n) is 6.24. The number of carboxylic acids is 1. The SMILES string of the molecule is Nc1nc2c(C(=O)O)cccc2n1S(=O)(=O)c1ccccc1. The van der Waals surface area contributed by atoms with Gasteiger partial charge in [-0.25, -0.2) is 22.2 Å². The highest BCUT2D eigenvalue weighted by Crippen LogP contribution is 2.26. The zero-order valence-electron chi connectivity index (χ0n) is 11.2. The van der Waals surface area contributed by atoms with E-state index < -0.39 is 16.0 Å². The highest BCUT2D eigenvalue weighted by atomic mass is 32.2. The highest BCUT2D eigenvalue weighted by molar-refractivity contribution is 7.90. The Kier molecular flexibility index (Phi) is 3.10. The maximum Gasteiger partial charge on any atom is 0.337 e. The van der Waals surface area contributed by atoms with Gasteiger partial charge in [0.1, 0.15) is 5.52 Å². The fraction of sp³-hybridized carbons (Fsp3) is 0. The standard InChI is InChI=1S/C14H11N3O4S/c15-14-16-12-10(13(18)19)7-4-8-11(12)17(14)22(20,21)9-5-2-1-3-6-9/h1-8H,(H2,15,16)(H,18,19). The van der Waals surface area contributed by atoms with Crippen LogP contribution >= 0.6 is 0 Å². The second-order valence-electron chi connectivity index (χ2n) is 4.53. The topological polar surface area (TPSA) is 115 Å². The van der Waals surface area contributed by atoms with Gasteiger partial charge >= 0.3 is 5.97 Å². The number of hydrogen-bond donors (Lipinski definition) is 2. The minimum absolute atomic E-state index is 0.0343. The average Bonchev–Trinajstić information content (AvgIpc) is 2.84. The predicted molar refractivity (Wildman–Crippen MR) is 80.1 cm³/mol. The van der Waals surface area contributed by atoms with Gasteiger partial charge in [-0.1, -0.05) is 24.3 Å². The number of fused-ring (bicyclic) bond motifs is 1. The van der Waals surface area contributed by atoms with Gasteiger partial charge in [-0.2, -0.15) is 0 Å². The molecule has 2 aromatic carbocycles. The zero-order valence-corrected chi connectivity index (χ0v) is 12.0. The van der Waals surface area contributed by atoms with Crippen LogP contribution in [0.25, 0.3) is 11.0 Å². The molecule has 0 unspecified atom stereocenters. The molecule has 3 N–H and O–H groups in total. The number of nitrogens with zero attached hydrogens (tertiary/aromatic N) is 2. The van der Waals surface area contributed by atoms with Crippen LogP contribution in [0, 0.1) is 0 Å². The van der Waals surface area contributed by atoms with Gasteiger partial charge in [0.25, 0.3) is 10.0 Å². The lowest BCUT2D eigenvalue weighted by atomic mass is 10.2. The van der Waals surface area contributed by atoms with Crippen molar-refractivity contribution in [3.63, 3.8) is 0 Å². The predicted octanol–water partition coefficient (Wildman–Crippen LogP) is 1.55. The highest BCUT2D eigenvalue weighted by Gasteiger charge is 2.25. The molecule has 22 heavy (non-hydrogen) atoms. The molecule has 0 amide bonds. The lowest BCUT2D eigenvalue weighted by molar-refractivity contribution is 0.0699. The van der Waals surface area contributed by atoms with Crippen molar-refractivity contribution in [3.8, 4) is 0 Å². The number of anilines is 1. The van der Waals surface area contributed by atoms with Gasteiger partial charge in [0, 0.05) is 0 Å². The maximum atomic E-state index is 12.7. The van der Waals surface area contributed by atoms with Crippen LogP contribution in [0.4, 0.5) is 5.95 Å². The molecule has 112 valence electrons. The molecule has 3 rings (SSSR count). The number of aromatic nitrogens is 2. The van der Waals surface area contributed by atoms with E-state index in [1.165, 1.54) is 30.3 Å². The summed E-state index contributed by atoms with van der Waals surface area (Å²) in [6.07, 6.45) is 0. The normalized spacial score (nSPS) is 11.6. The van der Waals surface area contributed by atoms with E-state index in [9.17, 15) is 13.2 Å². The van der Waals surface area contributed by atoms with Crippen LogP contribution in [0.5, 0.6) is 0 Å². The maximum absolute atomic E-state index is 12.7. The third-order valence-electron chi connectivity index (χ3n) is 3.18. The van der Waals surface area contributed by atoms with Gasteiger partial charge in [0.05, 0.1) is 16.0 Å². The van der Waals surface area contributed by atoms with Crippen LogP contribution in [0.15, 0.2) is 53.4 Å². The second-order valence-corrected chi connectivity index (χ2v) is 6.32. The third-order valence-corrected chi connectivity index (χ3v) is 4.91. The lowest BCUT2D eigenvalue weighted by Crippen LogP contribution is -2.15. The fourth-order valence-corrected chi connectivity index (χ4v) is 3.62. The Morgan fingerprint density at radius 2 is 1.77 bits per heavy atom. The van der Waals surface area contributed by atoms with Crippen LogP contribution in [-0.2, 0) is 10.0 Å². The molecule has 0 aliphatic rings. The van der Waals surface area contributed by atoms with E-state index in [-0.39, 0.29) is 27.4 Å². The molecule has 0 spiro atoms. The average molecular weight is 317 g/mol. The van der Waals surface area contributed by atoms with E-state index in [0.717, 1.165) is 3.97 Å². The number of hydrogen-bond acceptors (Lipinski definition) is 5. The molecular weight excluding hydrogens is 306 g/mol. The number of benzene rings is 2. The van der Waals surface area contributed by atoms with Crippen molar-refractivity contribution in [2.45, 2.75) is 4.90 Å². The van der Waals surface area contributed by atoms with Crippen molar-refractivity contribution in [2.75, 3.05) is 5.73 Å². The van der Waals surface area contributed by atoms with Crippen molar-refractivity contribution < 1.29 is 18.3 Å². The molecular formula is C14H11N3O4S. The van der Waals surface area contributed by atoms with Crippen molar-refractivity contribution in [1.82, 2.24) is 8.96 Å². The Bertz CT molecular complexity index is 978. The third kappa shape index (κ3) is 2.01. The molecule has 0 radical (unpaired) electrons. The summed E-state index contributed by atoms with van der Waals surface area (Å²) in [5.41, 5.74) is 5.78. The summed E-state index contributed by atoms with van der Waals surface area (Å²) >= 11 is 0. The molecule has 0 aliphatic heterocycles. The molecule has 7 nitrogen and oxygen atoms in total. The molecule has 0 saturated carbocycles. The number of para-hydroxylation sites is 1. The molecule has 0 bridgehead atoms. The zero-order chi connectivity index (χ0) is 15.9. The Balaban J connectivity index is 2.36. The van der Waals surface area contributed by atoms with Gasteiger partial charge in [-0.3, -0.25) is 0 Å². The Morgan fingerprint density at radius 1 is 1.09 bits per heavy atom. The number of carbonyl (C=O) groups is 1. The number of rotatable bonds is 3. The van der Waals surface area contributed by atoms with Crippen molar-refractivity contribution in [3.05, 3.63) is 54.1 Å². The van der Waals surface area contributed by atoms with Gasteiger partial charge in [-0.15, -0.1) is 0 Å². The monoisotopic (exact) mass is 317 g/mol. The molecule has 1 aromatic heterocycles. The number of nitrogen functional groups attached to an aromatic ring is 1. The fourth-order valence-electron chi connectivity index (χ4n) is 2.22. The van der Waals surface area contributed by atoms with Gasteiger partial charge in [0.2, 0.25) is 5.95 Å².